The Morgan fingerprint density at radius 1 is 1.30 bits per heavy atom. The molecule has 0 saturated heterocycles. The number of ether oxygens (including phenoxy) is 1. The quantitative estimate of drug-likeness (QED) is 0.930. The standard InChI is InChI=1S/C15H17N3O2/c1-18(11-12-6-5-9-16-10-12)15(19)17-13-7-3-4-8-14(13)20-2/h3-10H,11H2,1-2H3,(H,17,19). The fourth-order valence-electron chi connectivity index (χ4n) is 1.80. The largest absolute Gasteiger partial charge is 0.495 e. The molecule has 1 heterocycles. The molecule has 0 saturated carbocycles. The van der Waals surface area contributed by atoms with Gasteiger partial charge in [-0.2, -0.15) is 0 Å². The van der Waals surface area contributed by atoms with E-state index in [0.29, 0.717) is 18.0 Å². The highest BCUT2D eigenvalue weighted by Gasteiger charge is 2.11. The van der Waals surface area contributed by atoms with Gasteiger partial charge in [0.1, 0.15) is 5.75 Å². The van der Waals surface area contributed by atoms with Crippen molar-refractivity contribution in [2.75, 3.05) is 19.5 Å². The van der Waals surface area contributed by atoms with E-state index in [1.807, 2.05) is 24.3 Å². The van der Waals surface area contributed by atoms with Crippen LogP contribution in [0, 0.1) is 0 Å². The van der Waals surface area contributed by atoms with Gasteiger partial charge in [-0.05, 0) is 23.8 Å². The van der Waals surface area contributed by atoms with Crippen molar-refractivity contribution < 1.29 is 9.53 Å². The van der Waals surface area contributed by atoms with Crippen LogP contribution < -0.4 is 10.1 Å². The second-order valence-electron chi connectivity index (χ2n) is 4.35. The van der Waals surface area contributed by atoms with Crippen molar-refractivity contribution in [3.05, 3.63) is 54.4 Å². The number of para-hydroxylation sites is 2. The number of methoxy groups -OCH3 is 1. The molecule has 20 heavy (non-hydrogen) atoms. The molecule has 0 aliphatic carbocycles. The molecule has 0 unspecified atom stereocenters. The van der Waals surface area contributed by atoms with Gasteiger partial charge in [-0.1, -0.05) is 18.2 Å². The monoisotopic (exact) mass is 271 g/mol. The molecular formula is C15H17N3O2. The molecule has 0 spiro atoms. The molecule has 0 aliphatic heterocycles. The second kappa shape index (κ2) is 6.56. The van der Waals surface area contributed by atoms with Gasteiger partial charge in [-0.25, -0.2) is 4.79 Å². The maximum absolute atomic E-state index is 12.1. The molecule has 2 aromatic rings. The van der Waals surface area contributed by atoms with Crippen molar-refractivity contribution >= 4 is 11.7 Å². The number of amides is 2. The summed E-state index contributed by atoms with van der Waals surface area (Å²) in [6.07, 6.45) is 3.45. The van der Waals surface area contributed by atoms with Gasteiger partial charge in [0.15, 0.2) is 0 Å². The van der Waals surface area contributed by atoms with Crippen molar-refractivity contribution in [2.45, 2.75) is 6.54 Å². The molecule has 5 heteroatoms. The third kappa shape index (κ3) is 3.47. The summed E-state index contributed by atoms with van der Waals surface area (Å²) in [5, 5.41) is 2.82. The molecule has 0 aliphatic rings. The van der Waals surface area contributed by atoms with Crippen molar-refractivity contribution in [2.24, 2.45) is 0 Å². The maximum atomic E-state index is 12.1. The van der Waals surface area contributed by atoms with Gasteiger partial charge < -0.3 is 15.0 Å². The van der Waals surface area contributed by atoms with Crippen LogP contribution in [-0.4, -0.2) is 30.1 Å². The van der Waals surface area contributed by atoms with E-state index in [0.717, 1.165) is 5.56 Å². The molecular weight excluding hydrogens is 254 g/mol. The Hall–Kier alpha value is -2.56. The number of benzene rings is 1. The van der Waals surface area contributed by atoms with Crippen LogP contribution in [0.15, 0.2) is 48.8 Å². The lowest BCUT2D eigenvalue weighted by Crippen LogP contribution is -2.31. The van der Waals surface area contributed by atoms with E-state index >= 15 is 0 Å². The highest BCUT2D eigenvalue weighted by atomic mass is 16.5. The van der Waals surface area contributed by atoms with Crippen molar-refractivity contribution in [1.29, 1.82) is 0 Å². The van der Waals surface area contributed by atoms with Crippen LogP contribution in [0.5, 0.6) is 5.75 Å². The summed E-state index contributed by atoms with van der Waals surface area (Å²) in [7, 11) is 3.31. The molecule has 0 radical (unpaired) electrons. The third-order valence-corrected chi connectivity index (χ3v) is 2.84. The zero-order valence-electron chi connectivity index (χ0n) is 11.5. The summed E-state index contributed by atoms with van der Waals surface area (Å²) in [6.45, 7) is 0.495. The molecule has 0 bridgehead atoms. The third-order valence-electron chi connectivity index (χ3n) is 2.84. The van der Waals surface area contributed by atoms with Crippen molar-refractivity contribution in [3.63, 3.8) is 0 Å². The van der Waals surface area contributed by atoms with Crippen LogP contribution in [0.3, 0.4) is 0 Å². The van der Waals surface area contributed by atoms with Gasteiger partial charge >= 0.3 is 6.03 Å². The van der Waals surface area contributed by atoms with Crippen LogP contribution in [0.25, 0.3) is 0 Å². The summed E-state index contributed by atoms with van der Waals surface area (Å²) in [6, 6.07) is 10.9. The number of aromatic nitrogens is 1. The number of nitrogens with one attached hydrogen (secondary N) is 1. The summed E-state index contributed by atoms with van der Waals surface area (Å²) in [4.78, 5) is 17.7. The van der Waals surface area contributed by atoms with E-state index in [-0.39, 0.29) is 6.03 Å². The summed E-state index contributed by atoms with van der Waals surface area (Å²) < 4.78 is 5.20. The molecule has 5 nitrogen and oxygen atoms in total. The van der Waals surface area contributed by atoms with Gasteiger partial charge in [-0.15, -0.1) is 0 Å². The highest BCUT2D eigenvalue weighted by Crippen LogP contribution is 2.23. The average Bonchev–Trinajstić information content (AvgIpc) is 2.48. The zero-order valence-corrected chi connectivity index (χ0v) is 11.5. The normalized spacial score (nSPS) is 9.90. The highest BCUT2D eigenvalue weighted by molar-refractivity contribution is 5.90. The summed E-state index contributed by atoms with van der Waals surface area (Å²) in [5.74, 6) is 0.635. The topological polar surface area (TPSA) is 54.5 Å². The van der Waals surface area contributed by atoms with Gasteiger partial charge in [0.05, 0.1) is 12.8 Å². The lowest BCUT2D eigenvalue weighted by molar-refractivity contribution is 0.220. The predicted octanol–water partition coefficient (Wildman–Crippen LogP) is 2.75. The molecule has 2 rings (SSSR count). The SMILES string of the molecule is COc1ccccc1NC(=O)N(C)Cc1cccnc1. The lowest BCUT2D eigenvalue weighted by atomic mass is 10.2. The number of hydrogen-bond donors (Lipinski definition) is 1. The zero-order chi connectivity index (χ0) is 14.4. The average molecular weight is 271 g/mol. The first-order chi connectivity index (χ1) is 9.70. The van der Waals surface area contributed by atoms with E-state index in [9.17, 15) is 4.79 Å². The predicted molar refractivity (Wildman–Crippen MR) is 77.7 cm³/mol. The molecule has 1 aromatic heterocycles. The molecule has 2 amide bonds. The molecule has 0 atom stereocenters. The minimum atomic E-state index is -0.196. The van der Waals surface area contributed by atoms with Crippen molar-refractivity contribution in [3.8, 4) is 5.75 Å². The fourth-order valence-corrected chi connectivity index (χ4v) is 1.80. The molecule has 1 N–H and O–H groups in total. The van der Waals surface area contributed by atoms with Crippen molar-refractivity contribution in [1.82, 2.24) is 9.88 Å². The number of carbonyl (C=O) groups is 1. The Bertz CT molecular complexity index is 572. The number of anilines is 1. The first-order valence-electron chi connectivity index (χ1n) is 6.24. The molecule has 0 fully saturated rings. The van der Waals surface area contributed by atoms with Crippen LogP contribution in [-0.2, 0) is 6.54 Å². The van der Waals surface area contributed by atoms with Gasteiger partial charge in [0.2, 0.25) is 0 Å². The minimum absolute atomic E-state index is 0.196. The van der Waals surface area contributed by atoms with E-state index in [4.69, 9.17) is 4.74 Å². The number of carbonyl (C=O) groups excluding carboxylic acids is 1. The number of nitrogens with zero attached hydrogens (tertiary/aromatic N) is 2. The fraction of sp³-hybridized carbons (Fsp3) is 0.200. The number of pyridine rings is 1. The smallest absolute Gasteiger partial charge is 0.321 e. The number of hydrogen-bond acceptors (Lipinski definition) is 3. The van der Waals surface area contributed by atoms with Crippen LogP contribution >= 0.6 is 0 Å². The van der Waals surface area contributed by atoms with E-state index in [1.165, 1.54) is 0 Å². The second-order valence-corrected chi connectivity index (χ2v) is 4.35. The Balaban J connectivity index is 2.01. The molecule has 1 aromatic carbocycles. The van der Waals surface area contributed by atoms with Crippen LogP contribution in [0.4, 0.5) is 10.5 Å². The minimum Gasteiger partial charge on any atom is -0.495 e. The van der Waals surface area contributed by atoms with Gasteiger partial charge in [-0.3, -0.25) is 4.98 Å². The van der Waals surface area contributed by atoms with E-state index < -0.39 is 0 Å². The number of rotatable bonds is 4. The Labute approximate surface area is 118 Å². The van der Waals surface area contributed by atoms with E-state index in [1.54, 1.807) is 43.6 Å². The first-order valence-corrected chi connectivity index (χ1v) is 6.24. The molecule has 104 valence electrons. The van der Waals surface area contributed by atoms with Crippen LogP contribution in [0.1, 0.15) is 5.56 Å². The van der Waals surface area contributed by atoms with E-state index in [2.05, 4.69) is 10.3 Å². The summed E-state index contributed by atoms with van der Waals surface area (Å²) >= 11 is 0. The lowest BCUT2D eigenvalue weighted by Gasteiger charge is -2.18. The number of urea groups is 1. The Kier molecular flexibility index (Phi) is 4.55. The first kappa shape index (κ1) is 13.9. The maximum Gasteiger partial charge on any atom is 0.321 e. The van der Waals surface area contributed by atoms with Gasteiger partial charge in [0, 0.05) is 26.0 Å². The summed E-state index contributed by atoms with van der Waals surface area (Å²) in [5.41, 5.74) is 1.63. The Morgan fingerprint density at radius 2 is 2.10 bits per heavy atom. The Morgan fingerprint density at radius 3 is 2.80 bits per heavy atom. The van der Waals surface area contributed by atoms with Crippen LogP contribution in [0.2, 0.25) is 0 Å². The van der Waals surface area contributed by atoms with Gasteiger partial charge in [0.25, 0.3) is 0 Å².